The molecule has 18 heavy (non-hydrogen) atoms. The molecule has 1 N–H and O–H groups in total. The lowest BCUT2D eigenvalue weighted by molar-refractivity contribution is -0.384. The molecule has 0 spiro atoms. The molecule has 1 saturated heterocycles. The Hall–Kier alpha value is -1.67. The average molecular weight is 255 g/mol. The van der Waals surface area contributed by atoms with Crippen molar-refractivity contribution in [3.63, 3.8) is 0 Å². The number of aromatic nitrogens is 2. The third kappa shape index (κ3) is 2.96. The van der Waals surface area contributed by atoms with Crippen molar-refractivity contribution >= 4 is 11.5 Å². The number of nitrogens with one attached hydrogen (secondary N) is 1. The number of likely N-dealkylation sites (N-methyl/N-ethyl adjacent to an activating group) is 1. The largest absolute Gasteiger partial charge is 0.374 e. The van der Waals surface area contributed by atoms with Gasteiger partial charge in [-0.1, -0.05) is 0 Å². The van der Waals surface area contributed by atoms with Crippen molar-refractivity contribution in [3.8, 4) is 0 Å². The Bertz CT molecular complexity index is 433. The van der Waals surface area contributed by atoms with Crippen molar-refractivity contribution in [2.75, 3.05) is 38.6 Å². The van der Waals surface area contributed by atoms with Gasteiger partial charge in [0.25, 0.3) is 0 Å². The van der Waals surface area contributed by atoms with Gasteiger partial charge in [0.05, 0.1) is 17.6 Å². The van der Waals surface area contributed by atoms with Crippen LogP contribution in [0.1, 0.15) is 0 Å². The molecule has 1 fully saturated rings. The Morgan fingerprint density at radius 3 is 3.11 bits per heavy atom. The van der Waals surface area contributed by atoms with Crippen LogP contribution in [0.25, 0.3) is 0 Å². The van der Waals surface area contributed by atoms with Gasteiger partial charge in [0.15, 0.2) is 0 Å². The number of hydrogen-bond acceptors (Lipinski definition) is 6. The highest BCUT2D eigenvalue weighted by molar-refractivity contribution is 5.54. The number of aryl methyl sites for hydroxylation is 1. The molecule has 8 heteroatoms. The zero-order chi connectivity index (χ0) is 13.1. The van der Waals surface area contributed by atoms with Crippen molar-refractivity contribution in [2.24, 2.45) is 7.05 Å². The molecule has 2 rings (SSSR count). The van der Waals surface area contributed by atoms with E-state index in [2.05, 4.69) is 15.3 Å². The topological polar surface area (TPSA) is 85.5 Å². The lowest BCUT2D eigenvalue weighted by atomic mass is 10.3. The smallest absolute Gasteiger partial charge is 0.330 e. The molecule has 1 aliphatic rings. The summed E-state index contributed by atoms with van der Waals surface area (Å²) in [7, 11) is 3.68. The molecule has 0 saturated carbocycles. The highest BCUT2D eigenvalue weighted by Crippen LogP contribution is 2.21. The first-order valence-electron chi connectivity index (χ1n) is 5.78. The van der Waals surface area contributed by atoms with Gasteiger partial charge in [-0.2, -0.15) is 0 Å². The van der Waals surface area contributed by atoms with E-state index in [1.165, 1.54) is 10.9 Å². The number of hydrogen-bond donors (Lipinski definition) is 1. The standard InChI is InChI=1S/C10H17N5O3/c1-13-3-4-18-8(6-13)5-11-10-9(15(16)17)7-14(2)12-10/h7-8H,3-6H2,1-2H3,(H,11,12). The molecule has 2 heterocycles. The zero-order valence-electron chi connectivity index (χ0n) is 10.5. The van der Waals surface area contributed by atoms with E-state index in [0.717, 1.165) is 13.1 Å². The van der Waals surface area contributed by atoms with E-state index in [0.29, 0.717) is 19.0 Å². The first-order valence-corrected chi connectivity index (χ1v) is 5.78. The number of anilines is 1. The number of nitro groups is 1. The molecule has 1 atom stereocenters. The maximum absolute atomic E-state index is 10.8. The molecule has 0 bridgehead atoms. The van der Waals surface area contributed by atoms with Crippen LogP contribution < -0.4 is 5.32 Å². The third-order valence-corrected chi connectivity index (χ3v) is 2.85. The second kappa shape index (κ2) is 5.32. The van der Waals surface area contributed by atoms with Gasteiger partial charge < -0.3 is 15.0 Å². The number of morpholine rings is 1. The van der Waals surface area contributed by atoms with Gasteiger partial charge in [0.1, 0.15) is 6.20 Å². The minimum Gasteiger partial charge on any atom is -0.374 e. The van der Waals surface area contributed by atoms with Crippen molar-refractivity contribution in [1.29, 1.82) is 0 Å². The minimum atomic E-state index is -0.441. The van der Waals surface area contributed by atoms with E-state index in [4.69, 9.17) is 4.74 Å². The molecule has 8 nitrogen and oxygen atoms in total. The number of ether oxygens (including phenoxy) is 1. The Balaban J connectivity index is 1.95. The summed E-state index contributed by atoms with van der Waals surface area (Å²) in [5, 5.41) is 17.8. The normalized spacial score (nSPS) is 20.9. The monoisotopic (exact) mass is 255 g/mol. The SMILES string of the molecule is CN1CCOC(CNc2nn(C)cc2[N+](=O)[O-])C1. The fourth-order valence-electron chi connectivity index (χ4n) is 1.94. The average Bonchev–Trinajstić information content (AvgIpc) is 2.68. The molecule has 1 aliphatic heterocycles. The molecule has 100 valence electrons. The van der Waals surface area contributed by atoms with E-state index >= 15 is 0 Å². The van der Waals surface area contributed by atoms with Crippen LogP contribution in [0.15, 0.2) is 6.20 Å². The van der Waals surface area contributed by atoms with Gasteiger partial charge in [-0.05, 0) is 7.05 Å². The van der Waals surface area contributed by atoms with Crippen molar-refractivity contribution in [2.45, 2.75) is 6.10 Å². The van der Waals surface area contributed by atoms with Gasteiger partial charge in [-0.15, -0.1) is 5.10 Å². The first-order chi connectivity index (χ1) is 8.56. The second-order valence-electron chi connectivity index (χ2n) is 4.43. The Kier molecular flexibility index (Phi) is 3.78. The van der Waals surface area contributed by atoms with Gasteiger partial charge in [0.2, 0.25) is 5.82 Å². The van der Waals surface area contributed by atoms with Gasteiger partial charge >= 0.3 is 5.69 Å². The molecule has 1 unspecified atom stereocenters. The number of rotatable bonds is 4. The lowest BCUT2D eigenvalue weighted by Gasteiger charge is -2.29. The van der Waals surface area contributed by atoms with Crippen LogP contribution in [-0.4, -0.2) is 59.0 Å². The maximum Gasteiger partial charge on any atom is 0.330 e. The summed E-state index contributed by atoms with van der Waals surface area (Å²) in [6.45, 7) is 2.93. The van der Waals surface area contributed by atoms with Crippen LogP contribution in [0.5, 0.6) is 0 Å². The van der Waals surface area contributed by atoms with Gasteiger partial charge in [-0.25, -0.2) is 0 Å². The molecular weight excluding hydrogens is 238 g/mol. The summed E-state index contributed by atoms with van der Waals surface area (Å²) in [6.07, 6.45) is 1.42. The van der Waals surface area contributed by atoms with E-state index in [-0.39, 0.29) is 11.8 Å². The lowest BCUT2D eigenvalue weighted by Crippen LogP contribution is -2.43. The highest BCUT2D eigenvalue weighted by atomic mass is 16.6. The van der Waals surface area contributed by atoms with E-state index in [9.17, 15) is 10.1 Å². The van der Waals surface area contributed by atoms with Crippen molar-refractivity contribution in [3.05, 3.63) is 16.3 Å². The summed E-state index contributed by atoms with van der Waals surface area (Å²) < 4.78 is 6.99. The predicted octanol–water partition coefficient (Wildman–Crippen LogP) is 0.0708. The Labute approximate surface area is 105 Å². The molecule has 0 aromatic carbocycles. The van der Waals surface area contributed by atoms with Gasteiger partial charge in [0, 0.05) is 26.7 Å². The van der Waals surface area contributed by atoms with Crippen molar-refractivity contribution in [1.82, 2.24) is 14.7 Å². The summed E-state index contributed by atoms with van der Waals surface area (Å²) in [5.41, 5.74) is -0.0123. The quantitative estimate of drug-likeness (QED) is 0.605. The molecule has 1 aromatic heterocycles. The molecule has 0 radical (unpaired) electrons. The number of nitrogens with zero attached hydrogens (tertiary/aromatic N) is 4. The zero-order valence-corrected chi connectivity index (χ0v) is 10.5. The van der Waals surface area contributed by atoms with Crippen LogP contribution in [0.3, 0.4) is 0 Å². The maximum atomic E-state index is 10.8. The van der Waals surface area contributed by atoms with E-state index in [1.54, 1.807) is 7.05 Å². The van der Waals surface area contributed by atoms with Crippen LogP contribution >= 0.6 is 0 Å². The Morgan fingerprint density at radius 2 is 2.44 bits per heavy atom. The highest BCUT2D eigenvalue weighted by Gasteiger charge is 2.21. The van der Waals surface area contributed by atoms with Crippen LogP contribution in [-0.2, 0) is 11.8 Å². The first kappa shape index (κ1) is 12.8. The molecule has 0 aliphatic carbocycles. The summed E-state index contributed by atoms with van der Waals surface area (Å²) >= 11 is 0. The van der Waals surface area contributed by atoms with E-state index in [1.807, 2.05) is 7.05 Å². The summed E-state index contributed by atoms with van der Waals surface area (Å²) in [5.74, 6) is 0.291. The molecular formula is C10H17N5O3. The van der Waals surface area contributed by atoms with Crippen LogP contribution in [0.4, 0.5) is 11.5 Å². The minimum absolute atomic E-state index is 0.0123. The fourth-order valence-corrected chi connectivity index (χ4v) is 1.94. The predicted molar refractivity (Wildman–Crippen MR) is 65.6 cm³/mol. The summed E-state index contributed by atoms with van der Waals surface area (Å²) in [4.78, 5) is 12.5. The van der Waals surface area contributed by atoms with E-state index < -0.39 is 4.92 Å². The van der Waals surface area contributed by atoms with Gasteiger partial charge in [-0.3, -0.25) is 14.8 Å². The molecule has 0 amide bonds. The third-order valence-electron chi connectivity index (χ3n) is 2.85. The Morgan fingerprint density at radius 1 is 1.67 bits per heavy atom. The molecule has 1 aromatic rings. The van der Waals surface area contributed by atoms with Crippen LogP contribution in [0.2, 0.25) is 0 Å². The second-order valence-corrected chi connectivity index (χ2v) is 4.43. The fraction of sp³-hybridized carbons (Fsp3) is 0.700. The van der Waals surface area contributed by atoms with Crippen molar-refractivity contribution < 1.29 is 9.66 Å². The summed E-state index contributed by atoms with van der Waals surface area (Å²) in [6, 6.07) is 0. The van der Waals surface area contributed by atoms with Crippen LogP contribution in [0, 0.1) is 10.1 Å².